The molecule has 2 aliphatic heterocycles. The fourth-order valence-electron chi connectivity index (χ4n) is 6.69. The van der Waals surface area contributed by atoms with Crippen LogP contribution in [0.3, 0.4) is 0 Å². The second-order valence-electron chi connectivity index (χ2n) is 11.3. The second kappa shape index (κ2) is 9.67. The van der Waals surface area contributed by atoms with Gasteiger partial charge in [-0.3, -0.25) is 0 Å². The molecule has 2 unspecified atom stereocenters. The average molecular weight is 542 g/mol. The first-order valence-corrected chi connectivity index (χ1v) is 14.6. The maximum atomic E-state index is 5.51. The van der Waals surface area contributed by atoms with E-state index in [2.05, 4.69) is 133 Å². The van der Waals surface area contributed by atoms with E-state index in [4.69, 9.17) is 5.73 Å². The van der Waals surface area contributed by atoms with E-state index in [9.17, 15) is 0 Å². The normalized spacial score (nSPS) is 18.0. The van der Waals surface area contributed by atoms with Crippen molar-refractivity contribution in [2.24, 2.45) is 5.73 Å². The van der Waals surface area contributed by atoms with Crippen LogP contribution in [0, 0.1) is 0 Å². The minimum atomic E-state index is 0.0661. The monoisotopic (exact) mass is 541 g/mol. The van der Waals surface area contributed by atoms with Gasteiger partial charge in [-0.05, 0) is 84.9 Å². The van der Waals surface area contributed by atoms with Crippen LogP contribution in [0.25, 0.3) is 50.0 Å². The highest BCUT2D eigenvalue weighted by Crippen LogP contribution is 2.44. The summed E-state index contributed by atoms with van der Waals surface area (Å²) in [5.41, 5.74) is 15.1. The molecule has 0 saturated heterocycles. The van der Waals surface area contributed by atoms with Gasteiger partial charge in [-0.1, -0.05) is 121 Å². The molecule has 0 spiro atoms. The van der Waals surface area contributed by atoms with Crippen LogP contribution in [-0.4, -0.2) is 0 Å². The molecule has 3 nitrogen and oxygen atoms in total. The van der Waals surface area contributed by atoms with Crippen molar-refractivity contribution in [1.29, 1.82) is 0 Å². The van der Waals surface area contributed by atoms with Crippen LogP contribution >= 0.6 is 0 Å². The number of fused-ring (bicyclic) bond motifs is 3. The number of rotatable bonds is 4. The van der Waals surface area contributed by atoms with E-state index in [1.54, 1.807) is 6.20 Å². The Morgan fingerprint density at radius 2 is 1.29 bits per heavy atom. The SMILES string of the molecule is C/C(=C\C=C/N)c1ccc(C2C=Cc3ccc4c(c3N2)NC(c2ccc3ccc5cccc6ccc2c3c56)C=C4)cc1. The Labute approximate surface area is 245 Å². The molecule has 8 rings (SSSR count). The second-order valence-corrected chi connectivity index (χ2v) is 11.3. The van der Waals surface area contributed by atoms with Gasteiger partial charge in [0.05, 0.1) is 23.5 Å². The minimum Gasteiger partial charge on any atom is -0.405 e. The molecule has 6 aromatic carbocycles. The van der Waals surface area contributed by atoms with Crippen LogP contribution in [0.2, 0.25) is 0 Å². The summed E-state index contributed by atoms with van der Waals surface area (Å²) in [6.45, 7) is 2.10. The molecule has 3 heteroatoms. The Kier molecular flexibility index (Phi) is 5.65. The lowest BCUT2D eigenvalue weighted by Crippen LogP contribution is -2.18. The number of benzene rings is 6. The molecule has 0 aliphatic carbocycles. The van der Waals surface area contributed by atoms with Crippen molar-refractivity contribution in [3.8, 4) is 0 Å². The summed E-state index contributed by atoms with van der Waals surface area (Å²) < 4.78 is 0. The van der Waals surface area contributed by atoms with Gasteiger partial charge in [0.15, 0.2) is 0 Å². The largest absolute Gasteiger partial charge is 0.405 e. The molecule has 4 N–H and O–H groups in total. The number of hydrogen-bond donors (Lipinski definition) is 3. The summed E-state index contributed by atoms with van der Waals surface area (Å²) in [5, 5.41) is 15.7. The highest BCUT2D eigenvalue weighted by Gasteiger charge is 2.24. The van der Waals surface area contributed by atoms with Gasteiger partial charge in [0, 0.05) is 0 Å². The highest BCUT2D eigenvalue weighted by atomic mass is 15.0. The molecule has 0 amide bonds. The average Bonchev–Trinajstić information content (AvgIpc) is 3.05. The minimum absolute atomic E-state index is 0.0661. The molecule has 2 heterocycles. The first-order chi connectivity index (χ1) is 20.7. The number of nitrogens with two attached hydrogens (primary N) is 1. The van der Waals surface area contributed by atoms with Gasteiger partial charge in [0.2, 0.25) is 0 Å². The van der Waals surface area contributed by atoms with E-state index in [0.29, 0.717) is 0 Å². The Bertz CT molecular complexity index is 2100. The highest BCUT2D eigenvalue weighted by molar-refractivity contribution is 6.23. The molecule has 2 aliphatic rings. The van der Waals surface area contributed by atoms with Gasteiger partial charge in [0.25, 0.3) is 0 Å². The van der Waals surface area contributed by atoms with E-state index in [1.807, 2.05) is 12.2 Å². The van der Waals surface area contributed by atoms with Gasteiger partial charge in [0.1, 0.15) is 0 Å². The Morgan fingerprint density at radius 1 is 0.667 bits per heavy atom. The molecule has 0 fully saturated rings. The molecule has 202 valence electrons. The molecule has 42 heavy (non-hydrogen) atoms. The standard InChI is InChI=1S/C39H31N3/c1-24(4-3-23-40)25-7-9-26(10-8-25)34-21-17-30-13-14-31-18-22-35(42-39(31)38(30)41-34)32-19-15-29-12-11-27-5-2-6-28-16-20-33(32)37(29)36(27)28/h2-23,34-35,41-42H,40H2,1H3/b23-3-,24-4+. The predicted octanol–water partition coefficient (Wildman–Crippen LogP) is 9.82. The fraction of sp³-hybridized carbons (Fsp3) is 0.0769. The van der Waals surface area contributed by atoms with Gasteiger partial charge in [-0.2, -0.15) is 0 Å². The summed E-state index contributed by atoms with van der Waals surface area (Å²) in [6.07, 6.45) is 14.5. The third kappa shape index (κ3) is 3.89. The number of nitrogens with one attached hydrogen (secondary N) is 2. The van der Waals surface area contributed by atoms with Crippen LogP contribution in [-0.2, 0) is 0 Å². The third-order valence-corrected chi connectivity index (χ3v) is 8.89. The van der Waals surface area contributed by atoms with Crippen molar-refractivity contribution in [3.63, 3.8) is 0 Å². The summed E-state index contributed by atoms with van der Waals surface area (Å²) in [5.74, 6) is 0. The lowest BCUT2D eigenvalue weighted by Gasteiger charge is -2.31. The molecule has 0 aromatic heterocycles. The molecule has 0 bridgehead atoms. The number of hydrogen-bond acceptors (Lipinski definition) is 3. The van der Waals surface area contributed by atoms with E-state index >= 15 is 0 Å². The summed E-state index contributed by atoms with van der Waals surface area (Å²) in [6, 6.07) is 33.6. The van der Waals surface area contributed by atoms with E-state index in [1.165, 1.54) is 65.7 Å². The third-order valence-electron chi connectivity index (χ3n) is 8.89. The Hall–Kier alpha value is -5.28. The van der Waals surface area contributed by atoms with Gasteiger partial charge in [-0.15, -0.1) is 0 Å². The lowest BCUT2D eigenvalue weighted by atomic mass is 9.88. The molecular formula is C39H31N3. The van der Waals surface area contributed by atoms with Crippen LogP contribution < -0.4 is 16.4 Å². The zero-order valence-corrected chi connectivity index (χ0v) is 23.4. The summed E-state index contributed by atoms with van der Waals surface area (Å²) in [4.78, 5) is 0. The van der Waals surface area contributed by atoms with Crippen molar-refractivity contribution in [1.82, 2.24) is 0 Å². The van der Waals surface area contributed by atoms with Crippen LogP contribution in [0.1, 0.15) is 46.8 Å². The summed E-state index contributed by atoms with van der Waals surface area (Å²) >= 11 is 0. The number of allylic oxidation sites excluding steroid dienone is 3. The molecular weight excluding hydrogens is 510 g/mol. The van der Waals surface area contributed by atoms with Gasteiger partial charge >= 0.3 is 0 Å². The van der Waals surface area contributed by atoms with Crippen molar-refractivity contribution in [2.45, 2.75) is 19.0 Å². The van der Waals surface area contributed by atoms with Crippen LogP contribution in [0.4, 0.5) is 11.4 Å². The van der Waals surface area contributed by atoms with Crippen LogP contribution in [0.15, 0.2) is 121 Å². The number of anilines is 2. The Balaban J connectivity index is 1.15. The van der Waals surface area contributed by atoms with Crippen molar-refractivity contribution in [2.75, 3.05) is 10.6 Å². The quantitative estimate of drug-likeness (QED) is 0.154. The first kappa shape index (κ1) is 24.5. The lowest BCUT2D eigenvalue weighted by molar-refractivity contribution is 0.960. The van der Waals surface area contributed by atoms with Crippen LogP contribution in [0.5, 0.6) is 0 Å². The van der Waals surface area contributed by atoms with E-state index in [0.717, 1.165) is 11.4 Å². The summed E-state index contributed by atoms with van der Waals surface area (Å²) in [7, 11) is 0. The van der Waals surface area contributed by atoms with Crippen molar-refractivity contribution < 1.29 is 0 Å². The molecule has 0 saturated carbocycles. The van der Waals surface area contributed by atoms with E-state index < -0.39 is 0 Å². The predicted molar refractivity (Wildman–Crippen MR) is 181 cm³/mol. The van der Waals surface area contributed by atoms with Gasteiger partial charge < -0.3 is 16.4 Å². The van der Waals surface area contributed by atoms with Crippen molar-refractivity contribution >= 4 is 61.4 Å². The molecule has 2 atom stereocenters. The molecule has 0 radical (unpaired) electrons. The topological polar surface area (TPSA) is 50.1 Å². The van der Waals surface area contributed by atoms with E-state index in [-0.39, 0.29) is 12.1 Å². The zero-order chi connectivity index (χ0) is 28.2. The zero-order valence-electron chi connectivity index (χ0n) is 23.4. The fourth-order valence-corrected chi connectivity index (χ4v) is 6.69. The Morgan fingerprint density at radius 3 is 2.00 bits per heavy atom. The smallest absolute Gasteiger partial charge is 0.0708 e. The maximum Gasteiger partial charge on any atom is 0.0708 e. The first-order valence-electron chi connectivity index (χ1n) is 14.6. The molecule has 6 aromatic rings. The maximum absolute atomic E-state index is 5.51. The van der Waals surface area contributed by atoms with Gasteiger partial charge in [-0.25, -0.2) is 0 Å². The van der Waals surface area contributed by atoms with Crippen molar-refractivity contribution in [3.05, 3.63) is 149 Å².